The number of nitrogens with two attached hydrogens (primary N) is 1. The van der Waals surface area contributed by atoms with E-state index in [4.69, 9.17) is 17.3 Å². The maximum Gasteiger partial charge on any atom is 0.153 e. The van der Waals surface area contributed by atoms with Crippen LogP contribution in [-0.4, -0.2) is 14.8 Å². The highest BCUT2D eigenvalue weighted by Gasteiger charge is 2.13. The van der Waals surface area contributed by atoms with Gasteiger partial charge in [0, 0.05) is 19.4 Å². The van der Waals surface area contributed by atoms with Crippen molar-refractivity contribution in [3.05, 3.63) is 29.2 Å². The number of hydrogen-bond donors (Lipinski definition) is 2. The van der Waals surface area contributed by atoms with Gasteiger partial charge in [-0.25, -0.2) is 4.98 Å². The molecule has 0 atom stereocenters. The van der Waals surface area contributed by atoms with Crippen molar-refractivity contribution in [2.75, 3.05) is 11.1 Å². The minimum atomic E-state index is 0.322. The second-order valence-electron chi connectivity index (χ2n) is 4.47. The molecule has 0 radical (unpaired) electrons. The predicted octanol–water partition coefficient (Wildman–Crippen LogP) is 2.92. The Labute approximate surface area is 111 Å². The maximum absolute atomic E-state index is 5.87. The zero-order valence-corrected chi connectivity index (χ0v) is 11.4. The second-order valence-corrected chi connectivity index (χ2v) is 4.91. The average Bonchev–Trinajstić information content (AvgIpc) is 2.64. The largest absolute Gasteiger partial charge is 0.396 e. The van der Waals surface area contributed by atoms with Gasteiger partial charge in [0.1, 0.15) is 0 Å². The van der Waals surface area contributed by atoms with Crippen LogP contribution in [0, 0.1) is 0 Å². The van der Waals surface area contributed by atoms with Gasteiger partial charge in [0.15, 0.2) is 5.82 Å². The third kappa shape index (κ3) is 2.56. The zero-order valence-electron chi connectivity index (χ0n) is 10.6. The molecule has 96 valence electrons. The number of aryl methyl sites for hydroxylation is 1. The van der Waals surface area contributed by atoms with Crippen molar-refractivity contribution >= 4 is 28.8 Å². The van der Waals surface area contributed by atoms with Crippen LogP contribution in [0.1, 0.15) is 25.5 Å². The number of halogens is 1. The van der Waals surface area contributed by atoms with Crippen LogP contribution < -0.4 is 11.1 Å². The van der Waals surface area contributed by atoms with Gasteiger partial charge in [0.2, 0.25) is 0 Å². The Kier molecular flexibility index (Phi) is 3.43. The Morgan fingerprint density at radius 3 is 2.78 bits per heavy atom. The SMILES string of the molecule is CC(C)c1nn(C)cc1Nc1ncc(Cl)cc1N. The lowest BCUT2D eigenvalue weighted by molar-refractivity contribution is 0.713. The Hall–Kier alpha value is -1.75. The molecule has 0 bridgehead atoms. The second kappa shape index (κ2) is 4.86. The Morgan fingerprint density at radius 1 is 1.44 bits per heavy atom. The third-order valence-corrected chi connectivity index (χ3v) is 2.75. The molecule has 2 aromatic heterocycles. The quantitative estimate of drug-likeness (QED) is 0.895. The highest BCUT2D eigenvalue weighted by Crippen LogP contribution is 2.28. The molecule has 0 aromatic carbocycles. The van der Waals surface area contributed by atoms with Crippen molar-refractivity contribution < 1.29 is 0 Å². The van der Waals surface area contributed by atoms with Gasteiger partial charge in [-0.05, 0) is 12.0 Å². The molecule has 2 rings (SSSR count). The normalized spacial score (nSPS) is 10.9. The number of anilines is 3. The fraction of sp³-hybridized carbons (Fsp3) is 0.333. The van der Waals surface area contributed by atoms with Gasteiger partial charge in [0.05, 0.1) is 22.1 Å². The van der Waals surface area contributed by atoms with Gasteiger partial charge < -0.3 is 11.1 Å². The third-order valence-electron chi connectivity index (χ3n) is 2.54. The van der Waals surface area contributed by atoms with Crippen molar-refractivity contribution in [1.29, 1.82) is 0 Å². The van der Waals surface area contributed by atoms with E-state index in [0.717, 1.165) is 11.4 Å². The number of aromatic nitrogens is 3. The number of nitrogens with zero attached hydrogens (tertiary/aromatic N) is 3. The zero-order chi connectivity index (χ0) is 13.3. The highest BCUT2D eigenvalue weighted by atomic mass is 35.5. The molecular formula is C12H16ClN5. The smallest absolute Gasteiger partial charge is 0.153 e. The summed E-state index contributed by atoms with van der Waals surface area (Å²) in [5, 5.41) is 8.13. The van der Waals surface area contributed by atoms with Crippen molar-refractivity contribution in [2.24, 2.45) is 7.05 Å². The van der Waals surface area contributed by atoms with E-state index in [0.29, 0.717) is 22.4 Å². The average molecular weight is 266 g/mol. The number of pyridine rings is 1. The molecule has 0 spiro atoms. The molecule has 2 aromatic rings. The van der Waals surface area contributed by atoms with Crippen LogP contribution in [0.3, 0.4) is 0 Å². The summed E-state index contributed by atoms with van der Waals surface area (Å²) in [5.41, 5.74) is 8.27. The van der Waals surface area contributed by atoms with Crippen LogP contribution in [0.4, 0.5) is 17.2 Å². The molecule has 0 aliphatic carbocycles. The van der Waals surface area contributed by atoms with Gasteiger partial charge in [-0.15, -0.1) is 0 Å². The van der Waals surface area contributed by atoms with Gasteiger partial charge in [-0.2, -0.15) is 5.10 Å². The standard InChI is InChI=1S/C12H16ClN5/c1-7(2)11-10(6-18(3)17-11)16-12-9(14)4-8(13)5-15-12/h4-7H,14H2,1-3H3,(H,15,16). The topological polar surface area (TPSA) is 68.8 Å². The van der Waals surface area contributed by atoms with E-state index < -0.39 is 0 Å². The van der Waals surface area contributed by atoms with Crippen LogP contribution in [-0.2, 0) is 7.05 Å². The summed E-state index contributed by atoms with van der Waals surface area (Å²) in [4.78, 5) is 4.18. The summed E-state index contributed by atoms with van der Waals surface area (Å²) in [6.07, 6.45) is 3.47. The molecule has 5 nitrogen and oxygen atoms in total. The summed E-state index contributed by atoms with van der Waals surface area (Å²) in [5.74, 6) is 0.913. The summed E-state index contributed by atoms with van der Waals surface area (Å²) in [6.45, 7) is 4.18. The summed E-state index contributed by atoms with van der Waals surface area (Å²) in [7, 11) is 1.88. The molecule has 0 aliphatic rings. The van der Waals surface area contributed by atoms with Crippen LogP contribution in [0.25, 0.3) is 0 Å². The molecule has 0 amide bonds. The number of nitrogen functional groups attached to an aromatic ring is 1. The molecule has 0 unspecified atom stereocenters. The van der Waals surface area contributed by atoms with Crippen molar-refractivity contribution in [3.63, 3.8) is 0 Å². The van der Waals surface area contributed by atoms with E-state index in [9.17, 15) is 0 Å². The number of nitrogens with one attached hydrogen (secondary N) is 1. The van der Waals surface area contributed by atoms with E-state index in [1.165, 1.54) is 0 Å². The molecule has 2 heterocycles. The molecular weight excluding hydrogens is 250 g/mol. The highest BCUT2D eigenvalue weighted by molar-refractivity contribution is 6.30. The van der Waals surface area contributed by atoms with Crippen molar-refractivity contribution in [1.82, 2.24) is 14.8 Å². The number of rotatable bonds is 3. The fourth-order valence-electron chi connectivity index (χ4n) is 1.72. The monoisotopic (exact) mass is 265 g/mol. The Bertz CT molecular complexity index is 562. The van der Waals surface area contributed by atoms with E-state index in [2.05, 4.69) is 29.2 Å². The molecule has 0 fully saturated rings. The van der Waals surface area contributed by atoms with Gasteiger partial charge >= 0.3 is 0 Å². The van der Waals surface area contributed by atoms with E-state index in [1.54, 1.807) is 16.9 Å². The first-order valence-corrected chi connectivity index (χ1v) is 6.06. The van der Waals surface area contributed by atoms with Crippen LogP contribution in [0.5, 0.6) is 0 Å². The van der Waals surface area contributed by atoms with E-state index in [1.807, 2.05) is 13.2 Å². The van der Waals surface area contributed by atoms with Crippen LogP contribution >= 0.6 is 11.6 Å². The van der Waals surface area contributed by atoms with E-state index >= 15 is 0 Å². The first-order valence-electron chi connectivity index (χ1n) is 5.69. The molecule has 6 heteroatoms. The van der Waals surface area contributed by atoms with Gasteiger partial charge in [-0.1, -0.05) is 25.4 Å². The Morgan fingerprint density at radius 2 is 2.17 bits per heavy atom. The fourth-order valence-corrected chi connectivity index (χ4v) is 1.88. The van der Waals surface area contributed by atoms with Crippen molar-refractivity contribution in [2.45, 2.75) is 19.8 Å². The van der Waals surface area contributed by atoms with Crippen molar-refractivity contribution in [3.8, 4) is 0 Å². The minimum Gasteiger partial charge on any atom is -0.396 e. The summed E-state index contributed by atoms with van der Waals surface area (Å²) in [6, 6.07) is 1.67. The lowest BCUT2D eigenvalue weighted by Gasteiger charge is -2.09. The minimum absolute atomic E-state index is 0.322. The molecule has 18 heavy (non-hydrogen) atoms. The Balaban J connectivity index is 2.33. The number of hydrogen-bond acceptors (Lipinski definition) is 4. The summed E-state index contributed by atoms with van der Waals surface area (Å²) < 4.78 is 1.77. The van der Waals surface area contributed by atoms with Crippen LogP contribution in [0.15, 0.2) is 18.5 Å². The van der Waals surface area contributed by atoms with E-state index in [-0.39, 0.29) is 0 Å². The van der Waals surface area contributed by atoms with Gasteiger partial charge in [0.25, 0.3) is 0 Å². The first-order chi connectivity index (χ1) is 8.47. The van der Waals surface area contributed by atoms with Crippen LogP contribution in [0.2, 0.25) is 5.02 Å². The molecule has 0 aliphatic heterocycles. The lowest BCUT2D eigenvalue weighted by atomic mass is 10.1. The lowest BCUT2D eigenvalue weighted by Crippen LogP contribution is -2.01. The maximum atomic E-state index is 5.87. The predicted molar refractivity (Wildman–Crippen MR) is 74.2 cm³/mol. The molecule has 0 saturated heterocycles. The van der Waals surface area contributed by atoms with Gasteiger partial charge in [-0.3, -0.25) is 4.68 Å². The first kappa shape index (κ1) is 12.7. The molecule has 3 N–H and O–H groups in total. The summed E-state index contributed by atoms with van der Waals surface area (Å²) >= 11 is 5.82. The molecule has 0 saturated carbocycles.